The summed E-state index contributed by atoms with van der Waals surface area (Å²) in [5.41, 5.74) is 3.09. The van der Waals surface area contributed by atoms with Gasteiger partial charge in [0, 0.05) is 5.56 Å². The second-order valence-corrected chi connectivity index (χ2v) is 5.33. The first-order valence-electron chi connectivity index (χ1n) is 5.37. The molecule has 0 amide bonds. The summed E-state index contributed by atoms with van der Waals surface area (Å²) in [5.74, 6) is 0.479. The summed E-state index contributed by atoms with van der Waals surface area (Å²) in [4.78, 5) is 3.97. The Balaban J connectivity index is 2.60. The smallest absolute Gasteiger partial charge is 0.212 e. The zero-order valence-electron chi connectivity index (χ0n) is 9.27. The van der Waals surface area contributed by atoms with Gasteiger partial charge in [0.05, 0.1) is 0 Å². The van der Waals surface area contributed by atoms with Gasteiger partial charge >= 0.3 is 0 Å². The van der Waals surface area contributed by atoms with E-state index in [4.69, 9.17) is 0 Å². The Hall–Kier alpha value is -0.440. The number of hydrogen-bond donors (Lipinski definition) is 0. The highest BCUT2D eigenvalue weighted by Crippen LogP contribution is 2.45. The van der Waals surface area contributed by atoms with E-state index in [9.17, 15) is 4.39 Å². The van der Waals surface area contributed by atoms with Crippen molar-refractivity contribution in [3.8, 4) is 0 Å². The Morgan fingerprint density at radius 3 is 2.47 bits per heavy atom. The molecule has 1 saturated carbocycles. The molecule has 1 nitrogen and oxygen atoms in total. The molecule has 0 unspecified atom stereocenters. The van der Waals surface area contributed by atoms with Gasteiger partial charge in [-0.1, -0.05) is 13.8 Å². The normalized spacial score (nSPS) is 16.1. The van der Waals surface area contributed by atoms with Crippen molar-refractivity contribution >= 4 is 15.9 Å². The molecule has 1 aromatic heterocycles. The molecule has 0 bridgehead atoms. The monoisotopic (exact) mass is 271 g/mol. The lowest BCUT2D eigenvalue weighted by atomic mass is 9.95. The first-order chi connectivity index (χ1) is 7.02. The van der Waals surface area contributed by atoms with E-state index in [0.717, 1.165) is 11.1 Å². The molecule has 1 aliphatic rings. The number of hydrogen-bond acceptors (Lipinski definition) is 1. The molecule has 1 aliphatic carbocycles. The minimum Gasteiger partial charge on any atom is -0.212 e. The third kappa shape index (κ3) is 1.94. The van der Waals surface area contributed by atoms with Gasteiger partial charge in [0.15, 0.2) is 0 Å². The molecule has 0 spiro atoms. The highest BCUT2D eigenvalue weighted by atomic mass is 79.9. The van der Waals surface area contributed by atoms with Crippen LogP contribution in [0.25, 0.3) is 0 Å². The molecular formula is C12H15BrFN. The summed E-state index contributed by atoms with van der Waals surface area (Å²) in [6.07, 6.45) is 2.43. The average Bonchev–Trinajstić information content (AvgIpc) is 2.85. The van der Waals surface area contributed by atoms with Crippen LogP contribution in [0.4, 0.5) is 4.39 Å². The highest BCUT2D eigenvalue weighted by molar-refractivity contribution is 9.10. The minimum absolute atomic E-state index is 0.197. The van der Waals surface area contributed by atoms with E-state index in [1.54, 1.807) is 0 Å². The molecular weight excluding hydrogens is 257 g/mol. The molecule has 0 aromatic carbocycles. The topological polar surface area (TPSA) is 12.9 Å². The second kappa shape index (κ2) is 3.85. The fourth-order valence-electron chi connectivity index (χ4n) is 2.18. The Morgan fingerprint density at radius 2 is 2.00 bits per heavy atom. The number of halogens is 2. The van der Waals surface area contributed by atoms with Gasteiger partial charge in [0.2, 0.25) is 5.95 Å². The Morgan fingerprint density at radius 1 is 1.40 bits per heavy atom. The van der Waals surface area contributed by atoms with Crippen molar-refractivity contribution < 1.29 is 4.39 Å². The fourth-order valence-corrected chi connectivity index (χ4v) is 2.96. The van der Waals surface area contributed by atoms with E-state index in [1.165, 1.54) is 18.4 Å². The lowest BCUT2D eigenvalue weighted by Crippen LogP contribution is -2.05. The molecule has 0 radical (unpaired) electrons. The molecule has 1 aromatic rings. The van der Waals surface area contributed by atoms with E-state index >= 15 is 0 Å². The van der Waals surface area contributed by atoms with E-state index in [2.05, 4.69) is 20.9 Å². The average molecular weight is 272 g/mol. The lowest BCUT2D eigenvalue weighted by molar-refractivity contribution is 0.549. The summed E-state index contributed by atoms with van der Waals surface area (Å²) in [7, 11) is 0. The Kier molecular flexibility index (Phi) is 2.84. The van der Waals surface area contributed by atoms with Gasteiger partial charge in [0.25, 0.3) is 0 Å². The third-order valence-electron chi connectivity index (χ3n) is 3.01. The predicted octanol–water partition coefficient (Wildman–Crippen LogP) is 4.29. The first kappa shape index (κ1) is 11.1. The SMILES string of the molecule is Cc1c(C(C)C)c(F)nc(Br)c1C1CC1. The summed E-state index contributed by atoms with van der Waals surface area (Å²) in [5, 5.41) is 0. The Bertz CT molecular complexity index is 371. The number of aromatic nitrogens is 1. The summed E-state index contributed by atoms with van der Waals surface area (Å²) < 4.78 is 14.4. The van der Waals surface area contributed by atoms with Crippen molar-refractivity contribution in [3.63, 3.8) is 0 Å². The van der Waals surface area contributed by atoms with Gasteiger partial charge in [-0.3, -0.25) is 0 Å². The number of rotatable bonds is 2. The molecule has 0 saturated heterocycles. The summed E-state index contributed by atoms with van der Waals surface area (Å²) in [6, 6.07) is 0. The maximum absolute atomic E-state index is 13.7. The van der Waals surface area contributed by atoms with Gasteiger partial charge in [-0.25, -0.2) is 4.98 Å². The van der Waals surface area contributed by atoms with Crippen molar-refractivity contribution in [1.29, 1.82) is 0 Å². The van der Waals surface area contributed by atoms with E-state index in [0.29, 0.717) is 10.5 Å². The van der Waals surface area contributed by atoms with Crippen molar-refractivity contribution in [2.75, 3.05) is 0 Å². The van der Waals surface area contributed by atoms with E-state index in [-0.39, 0.29) is 11.9 Å². The lowest BCUT2D eigenvalue weighted by Gasteiger charge is -2.15. The third-order valence-corrected chi connectivity index (χ3v) is 3.62. The van der Waals surface area contributed by atoms with Crippen LogP contribution in [-0.4, -0.2) is 4.98 Å². The van der Waals surface area contributed by atoms with Crippen LogP contribution in [-0.2, 0) is 0 Å². The zero-order chi connectivity index (χ0) is 11.2. The molecule has 0 N–H and O–H groups in total. The standard InChI is InChI=1S/C12H15BrFN/c1-6(2)9-7(3)10(8-4-5-8)11(13)15-12(9)14/h6,8H,4-5H2,1-3H3. The second-order valence-electron chi connectivity index (χ2n) is 4.57. The quantitative estimate of drug-likeness (QED) is 0.732. The first-order valence-corrected chi connectivity index (χ1v) is 6.17. The predicted molar refractivity (Wildman–Crippen MR) is 62.7 cm³/mol. The van der Waals surface area contributed by atoms with Crippen LogP contribution in [0.15, 0.2) is 4.60 Å². The van der Waals surface area contributed by atoms with Crippen LogP contribution in [0, 0.1) is 12.9 Å². The van der Waals surface area contributed by atoms with Crippen molar-refractivity contribution in [1.82, 2.24) is 4.98 Å². The van der Waals surface area contributed by atoms with Crippen LogP contribution in [0.5, 0.6) is 0 Å². The van der Waals surface area contributed by atoms with Crippen molar-refractivity contribution in [2.24, 2.45) is 0 Å². The van der Waals surface area contributed by atoms with Gasteiger partial charge in [0.1, 0.15) is 4.60 Å². The number of nitrogens with zero attached hydrogens (tertiary/aromatic N) is 1. The zero-order valence-corrected chi connectivity index (χ0v) is 10.9. The summed E-state index contributed by atoms with van der Waals surface area (Å²) >= 11 is 3.37. The Labute approximate surface area is 98.2 Å². The maximum atomic E-state index is 13.7. The molecule has 82 valence electrons. The maximum Gasteiger partial charge on any atom is 0.217 e. The molecule has 0 atom stereocenters. The van der Waals surface area contributed by atoms with Crippen LogP contribution in [0.2, 0.25) is 0 Å². The molecule has 2 rings (SSSR count). The van der Waals surface area contributed by atoms with Crippen LogP contribution < -0.4 is 0 Å². The molecule has 3 heteroatoms. The number of pyridine rings is 1. The van der Waals surface area contributed by atoms with Crippen LogP contribution >= 0.6 is 15.9 Å². The highest BCUT2D eigenvalue weighted by Gasteiger charge is 2.30. The van der Waals surface area contributed by atoms with Crippen LogP contribution in [0.3, 0.4) is 0 Å². The largest absolute Gasteiger partial charge is 0.217 e. The van der Waals surface area contributed by atoms with Crippen molar-refractivity contribution in [3.05, 3.63) is 27.2 Å². The van der Waals surface area contributed by atoms with Crippen LogP contribution in [0.1, 0.15) is 55.2 Å². The van der Waals surface area contributed by atoms with Gasteiger partial charge in [-0.2, -0.15) is 4.39 Å². The van der Waals surface area contributed by atoms with Crippen molar-refractivity contribution in [2.45, 2.75) is 45.4 Å². The molecule has 0 aliphatic heterocycles. The fraction of sp³-hybridized carbons (Fsp3) is 0.583. The molecule has 1 heterocycles. The molecule has 1 fully saturated rings. The van der Waals surface area contributed by atoms with Gasteiger partial charge < -0.3 is 0 Å². The minimum atomic E-state index is -0.321. The molecule has 15 heavy (non-hydrogen) atoms. The summed E-state index contributed by atoms with van der Waals surface area (Å²) in [6.45, 7) is 6.04. The van der Waals surface area contributed by atoms with E-state index < -0.39 is 0 Å². The van der Waals surface area contributed by atoms with E-state index in [1.807, 2.05) is 20.8 Å². The van der Waals surface area contributed by atoms with Gasteiger partial charge in [-0.15, -0.1) is 0 Å². The van der Waals surface area contributed by atoms with Gasteiger partial charge in [-0.05, 0) is 58.7 Å².